The molecule has 1 fully saturated rings. The zero-order valence-corrected chi connectivity index (χ0v) is 28.2. The average Bonchev–Trinajstić information content (AvgIpc) is 3.11. The number of amides is 2. The van der Waals surface area contributed by atoms with Crippen LogP contribution in [-0.2, 0) is 23.8 Å². The maximum atomic E-state index is 14.4. The molecule has 3 N–H and O–H groups in total. The van der Waals surface area contributed by atoms with Gasteiger partial charge in [-0.2, -0.15) is 10.2 Å². The summed E-state index contributed by atoms with van der Waals surface area (Å²) >= 11 is 0. The second-order valence-corrected chi connectivity index (χ2v) is 11.7. The lowest BCUT2D eigenvalue weighted by Crippen LogP contribution is -2.48. The van der Waals surface area contributed by atoms with Crippen molar-refractivity contribution in [2.24, 2.45) is 0 Å². The molecule has 264 valence electrons. The normalized spacial score (nSPS) is 13.4. The Morgan fingerprint density at radius 1 is 0.959 bits per heavy atom. The highest BCUT2D eigenvalue weighted by atomic mass is 19.1. The smallest absolute Gasteiger partial charge is 0.239 e. The summed E-state index contributed by atoms with van der Waals surface area (Å²) in [6.07, 6.45) is 2.20. The summed E-state index contributed by atoms with van der Waals surface area (Å²) in [5.74, 6) is 0.274. The monoisotopic (exact) mass is 678 g/mol. The zero-order valence-electron chi connectivity index (χ0n) is 28.2. The number of halogens is 1. The lowest BCUT2D eigenvalue weighted by Gasteiger charge is -2.35. The minimum atomic E-state index is -0.287. The highest BCUT2D eigenvalue weighted by Crippen LogP contribution is 2.31. The number of nitrogens with two attached hydrogens (primary N) is 1. The van der Waals surface area contributed by atoms with Crippen LogP contribution in [0.2, 0.25) is 0 Å². The van der Waals surface area contributed by atoms with Crippen LogP contribution in [0.3, 0.4) is 0 Å². The largest absolute Gasteiger partial charge is 0.379 e. The maximum absolute atomic E-state index is 14.4. The third-order valence-corrected chi connectivity index (χ3v) is 8.13. The lowest BCUT2D eigenvalue weighted by atomic mass is 10.0. The number of hydrogen-bond acceptors (Lipinski definition) is 11. The van der Waals surface area contributed by atoms with E-state index in [4.69, 9.17) is 25.2 Å². The highest BCUT2D eigenvalue weighted by Gasteiger charge is 2.21. The summed E-state index contributed by atoms with van der Waals surface area (Å²) in [4.78, 5) is 39.8. The number of nitrogen functional groups attached to an aromatic ring is 1. The van der Waals surface area contributed by atoms with Crippen molar-refractivity contribution in [3.05, 3.63) is 48.3 Å². The molecule has 49 heavy (non-hydrogen) atoms. The number of likely N-dealkylation sites (N-methyl/N-ethyl adjacent to an activating group) is 1. The first-order valence-electron chi connectivity index (χ1n) is 16.8. The molecule has 3 aromatic rings. The van der Waals surface area contributed by atoms with Crippen LogP contribution in [0.25, 0.3) is 22.0 Å². The Labute approximate surface area is 287 Å². The van der Waals surface area contributed by atoms with Crippen LogP contribution in [0.5, 0.6) is 0 Å². The number of nitrogens with one attached hydrogen (secondary N) is 1. The summed E-state index contributed by atoms with van der Waals surface area (Å²) in [5, 5.41) is 12.6. The molecular formula is C35H47FN8O5. The van der Waals surface area contributed by atoms with E-state index < -0.39 is 0 Å². The van der Waals surface area contributed by atoms with Crippen LogP contribution >= 0.6 is 0 Å². The number of benzene rings is 2. The number of nitrogens with zero attached hydrogens (tertiary/aromatic N) is 6. The van der Waals surface area contributed by atoms with Crippen molar-refractivity contribution in [1.82, 2.24) is 25.1 Å². The fraction of sp³-hybridized carbons (Fsp3) is 0.514. The Kier molecular flexibility index (Phi) is 15.4. The van der Waals surface area contributed by atoms with E-state index in [0.717, 1.165) is 30.5 Å². The van der Waals surface area contributed by atoms with E-state index in [1.807, 2.05) is 18.2 Å². The molecular weight excluding hydrogens is 631 g/mol. The summed E-state index contributed by atoms with van der Waals surface area (Å²) in [6.45, 7) is 6.88. The molecule has 2 amide bonds. The van der Waals surface area contributed by atoms with Gasteiger partial charge in [0.25, 0.3) is 0 Å². The molecule has 1 saturated heterocycles. The molecule has 2 heterocycles. The molecule has 2 aromatic carbocycles. The SMILES string of the molecule is CN(CC(=O)NCCCOCCOCCOCCCC#N)C(=O)CCN1CCN(c2cc(-c3ccc(F)c4ccccc34)nc(N)n2)CC1. The van der Waals surface area contributed by atoms with Gasteiger partial charge >= 0.3 is 0 Å². The third kappa shape index (κ3) is 12.2. The van der Waals surface area contributed by atoms with E-state index in [9.17, 15) is 14.0 Å². The van der Waals surface area contributed by atoms with E-state index in [1.54, 1.807) is 25.2 Å². The number of ether oxygens (including phenoxy) is 3. The minimum Gasteiger partial charge on any atom is -0.379 e. The summed E-state index contributed by atoms with van der Waals surface area (Å²) in [5.41, 5.74) is 7.53. The van der Waals surface area contributed by atoms with Gasteiger partial charge in [-0.15, -0.1) is 0 Å². The second kappa shape index (κ2) is 20.2. The van der Waals surface area contributed by atoms with Gasteiger partial charge in [0.1, 0.15) is 11.6 Å². The fourth-order valence-electron chi connectivity index (χ4n) is 5.44. The molecule has 0 radical (unpaired) electrons. The molecule has 4 rings (SSSR count). The standard InChI is InChI=1S/C35H47FN8O5/c1-42(26-33(45)39-13-6-20-48-22-24-49-23-21-47-19-5-4-12-37)34(46)11-14-43-15-17-44(18-16-43)32-25-31(40-35(38)41-32)29-9-10-30(36)28-8-3-2-7-27(28)29/h2-3,7-10,25H,4-6,11,13-24,26H2,1H3,(H,39,45)(H2,38,40,41). The first kappa shape index (κ1) is 37.4. The van der Waals surface area contributed by atoms with Crippen molar-refractivity contribution < 1.29 is 28.2 Å². The van der Waals surface area contributed by atoms with Gasteiger partial charge in [-0.1, -0.05) is 24.3 Å². The molecule has 1 aliphatic heterocycles. The fourth-order valence-corrected chi connectivity index (χ4v) is 5.44. The molecule has 0 spiro atoms. The van der Waals surface area contributed by atoms with E-state index >= 15 is 0 Å². The number of carbonyl (C=O) groups is 2. The van der Waals surface area contributed by atoms with Gasteiger partial charge in [-0.25, -0.2) is 9.37 Å². The summed E-state index contributed by atoms with van der Waals surface area (Å²) in [7, 11) is 1.64. The minimum absolute atomic E-state index is 0.000695. The van der Waals surface area contributed by atoms with Crippen molar-refractivity contribution in [3.8, 4) is 17.3 Å². The van der Waals surface area contributed by atoms with Gasteiger partial charge < -0.3 is 35.1 Å². The van der Waals surface area contributed by atoms with E-state index in [-0.39, 0.29) is 30.1 Å². The third-order valence-electron chi connectivity index (χ3n) is 8.13. The highest BCUT2D eigenvalue weighted by molar-refractivity contribution is 5.96. The van der Waals surface area contributed by atoms with Gasteiger partial charge in [0.2, 0.25) is 17.8 Å². The summed E-state index contributed by atoms with van der Waals surface area (Å²) < 4.78 is 30.7. The van der Waals surface area contributed by atoms with Crippen LogP contribution in [0.1, 0.15) is 25.7 Å². The topological polar surface area (TPSA) is 159 Å². The Bertz CT molecular complexity index is 1550. The van der Waals surface area contributed by atoms with Crippen molar-refractivity contribution in [1.29, 1.82) is 5.26 Å². The van der Waals surface area contributed by atoms with Gasteiger partial charge in [0, 0.05) is 89.4 Å². The van der Waals surface area contributed by atoms with Gasteiger partial charge in [0.15, 0.2) is 0 Å². The number of piperazine rings is 1. The van der Waals surface area contributed by atoms with Gasteiger partial charge in [-0.05, 0) is 30.4 Å². The maximum Gasteiger partial charge on any atom is 0.239 e. The molecule has 1 aliphatic rings. The molecule has 0 saturated carbocycles. The van der Waals surface area contributed by atoms with Crippen molar-refractivity contribution in [3.63, 3.8) is 0 Å². The Morgan fingerprint density at radius 2 is 1.63 bits per heavy atom. The molecule has 0 unspecified atom stereocenters. The molecule has 0 aliphatic carbocycles. The Balaban J connectivity index is 1.08. The number of rotatable bonds is 20. The molecule has 0 bridgehead atoms. The van der Waals surface area contributed by atoms with Crippen LogP contribution in [0, 0.1) is 17.1 Å². The number of carbonyl (C=O) groups excluding carboxylic acids is 2. The molecule has 13 nitrogen and oxygen atoms in total. The predicted molar refractivity (Wildman–Crippen MR) is 185 cm³/mol. The quantitative estimate of drug-likeness (QED) is 0.169. The van der Waals surface area contributed by atoms with Crippen LogP contribution in [-0.4, -0.2) is 124 Å². The Hall–Kier alpha value is -4.42. The number of unbranched alkanes of at least 4 members (excludes halogenated alkanes) is 1. The number of anilines is 2. The average molecular weight is 679 g/mol. The van der Waals surface area contributed by atoms with Crippen molar-refractivity contribution in [2.45, 2.75) is 25.7 Å². The van der Waals surface area contributed by atoms with Gasteiger partial charge in [-0.3, -0.25) is 14.5 Å². The van der Waals surface area contributed by atoms with Crippen LogP contribution in [0.4, 0.5) is 16.2 Å². The predicted octanol–water partition coefficient (Wildman–Crippen LogP) is 2.85. The zero-order chi connectivity index (χ0) is 34.8. The van der Waals surface area contributed by atoms with Crippen LogP contribution in [0.15, 0.2) is 42.5 Å². The van der Waals surface area contributed by atoms with Crippen LogP contribution < -0.4 is 16.0 Å². The van der Waals surface area contributed by atoms with E-state index in [2.05, 4.69) is 31.2 Å². The van der Waals surface area contributed by atoms with E-state index in [1.165, 1.54) is 11.0 Å². The second-order valence-electron chi connectivity index (χ2n) is 11.7. The summed E-state index contributed by atoms with van der Waals surface area (Å²) in [6, 6.07) is 14.4. The molecule has 14 heteroatoms. The first-order chi connectivity index (χ1) is 23.9. The van der Waals surface area contributed by atoms with E-state index in [0.29, 0.717) is 102 Å². The molecule has 1 aromatic heterocycles. The number of aromatic nitrogens is 2. The number of fused-ring (bicyclic) bond motifs is 1. The Morgan fingerprint density at radius 3 is 2.35 bits per heavy atom. The molecule has 0 atom stereocenters. The van der Waals surface area contributed by atoms with Gasteiger partial charge in [0.05, 0.1) is 44.7 Å². The van der Waals surface area contributed by atoms with Crippen molar-refractivity contribution >= 4 is 34.4 Å². The number of hydrogen-bond donors (Lipinski definition) is 2. The number of nitriles is 1. The first-order valence-corrected chi connectivity index (χ1v) is 16.8. The van der Waals surface area contributed by atoms with Crippen molar-refractivity contribution in [2.75, 3.05) is 103 Å². The lowest BCUT2D eigenvalue weighted by molar-refractivity contribution is -0.135.